The summed E-state index contributed by atoms with van der Waals surface area (Å²) in [4.78, 5) is 3.71. The first-order valence-corrected chi connectivity index (χ1v) is 29.5. The second-order valence-electron chi connectivity index (χ2n) is 20.5. The number of rotatable bonds is 10. The van der Waals surface area contributed by atoms with Crippen LogP contribution in [0.2, 0.25) is 0 Å². The molecule has 6 heteroatoms. The molecular weight excluding hydrogens is 1030 g/mol. The molecule has 0 bridgehead atoms. The van der Waals surface area contributed by atoms with Crippen molar-refractivity contribution >= 4 is 113 Å². The minimum absolute atomic E-state index is 1.10. The third-order valence-electron chi connectivity index (χ3n) is 15.8. The number of aromatic nitrogens is 2. The molecular formula is C74H47N3S3. The molecule has 0 unspecified atom stereocenters. The molecule has 5 aromatic heterocycles. The Morgan fingerprint density at radius 2 is 0.725 bits per heavy atom. The number of thiophene rings is 3. The summed E-state index contributed by atoms with van der Waals surface area (Å²) < 4.78 is 10.3. The summed E-state index contributed by atoms with van der Waals surface area (Å²) in [5.74, 6) is 0. The highest BCUT2D eigenvalue weighted by Crippen LogP contribution is 2.54. The molecule has 11 aromatic carbocycles. The maximum atomic E-state index is 2.56. The minimum Gasteiger partial charge on any atom is -0.306 e. The van der Waals surface area contributed by atoms with Crippen molar-refractivity contribution in [3.63, 3.8) is 0 Å². The molecule has 0 saturated carbocycles. The van der Waals surface area contributed by atoms with Crippen LogP contribution in [0.25, 0.3) is 129 Å². The Kier molecular flexibility index (Phi) is 11.1. The Morgan fingerprint density at radius 1 is 0.275 bits per heavy atom. The van der Waals surface area contributed by atoms with Crippen LogP contribution in [0.5, 0.6) is 0 Å². The smallest absolute Gasteiger partial charge is 0.103 e. The van der Waals surface area contributed by atoms with Crippen LogP contribution in [0.1, 0.15) is 0 Å². The van der Waals surface area contributed by atoms with Gasteiger partial charge in [-0.25, -0.2) is 0 Å². The van der Waals surface area contributed by atoms with Crippen molar-refractivity contribution < 1.29 is 0 Å². The van der Waals surface area contributed by atoms with Gasteiger partial charge >= 0.3 is 0 Å². The molecule has 3 nitrogen and oxygen atoms in total. The number of hydrogen-bond acceptors (Lipinski definition) is 4. The number of anilines is 3. The number of hydrogen-bond donors (Lipinski definition) is 0. The molecule has 16 rings (SSSR count). The van der Waals surface area contributed by atoms with E-state index in [1.54, 1.807) is 0 Å². The van der Waals surface area contributed by atoms with Gasteiger partial charge in [0.05, 0.1) is 40.9 Å². The first-order valence-electron chi connectivity index (χ1n) is 27.0. The summed E-state index contributed by atoms with van der Waals surface area (Å²) in [5, 5.41) is 6.14. The lowest BCUT2D eigenvalue weighted by Crippen LogP contribution is -2.08. The molecule has 0 fully saturated rings. The summed E-state index contributed by atoms with van der Waals surface area (Å²) in [6.45, 7) is 0. The van der Waals surface area contributed by atoms with Crippen molar-refractivity contribution in [1.29, 1.82) is 0 Å². The molecule has 0 aliphatic carbocycles. The second-order valence-corrected chi connectivity index (χ2v) is 23.6. The van der Waals surface area contributed by atoms with E-state index < -0.39 is 0 Å². The van der Waals surface area contributed by atoms with E-state index in [-0.39, 0.29) is 0 Å². The lowest BCUT2D eigenvalue weighted by atomic mass is 9.98. The largest absolute Gasteiger partial charge is 0.306 e. The van der Waals surface area contributed by atoms with Crippen LogP contribution in [-0.2, 0) is 0 Å². The van der Waals surface area contributed by atoms with Crippen LogP contribution in [0.15, 0.2) is 285 Å². The van der Waals surface area contributed by atoms with E-state index in [1.165, 1.54) is 117 Å². The zero-order valence-electron chi connectivity index (χ0n) is 43.2. The van der Waals surface area contributed by atoms with E-state index in [2.05, 4.69) is 299 Å². The maximum Gasteiger partial charge on any atom is 0.103 e. The molecule has 16 aromatic rings. The van der Waals surface area contributed by atoms with Crippen molar-refractivity contribution in [3.05, 3.63) is 285 Å². The van der Waals surface area contributed by atoms with Crippen molar-refractivity contribution in [2.75, 3.05) is 4.90 Å². The van der Waals surface area contributed by atoms with Crippen LogP contribution in [0.4, 0.5) is 16.4 Å². The van der Waals surface area contributed by atoms with Crippen LogP contribution in [0.3, 0.4) is 0 Å². The second kappa shape index (κ2) is 19.1. The van der Waals surface area contributed by atoms with Gasteiger partial charge in [0, 0.05) is 27.6 Å². The quantitative estimate of drug-likeness (QED) is 0.133. The molecule has 0 amide bonds. The average molecular weight is 1070 g/mol. The molecule has 0 radical (unpaired) electrons. The van der Waals surface area contributed by atoms with Gasteiger partial charge in [-0.3, -0.25) is 0 Å². The van der Waals surface area contributed by atoms with Crippen LogP contribution in [0, 0.1) is 0 Å². The summed E-state index contributed by atoms with van der Waals surface area (Å²) in [5.41, 5.74) is 20.2. The third-order valence-corrected chi connectivity index (χ3v) is 19.6. The Hall–Kier alpha value is -9.56. The number of benzene rings is 11. The molecule has 0 saturated heterocycles. The SMILES string of the molecule is c1ccc(-c2ccc(N(c3ccc(-c4ccccc4)cc3)c3cc4c(s3)c3sc5c6sc(-c7ccccc7)cc6n(-c6ccc(-c7ccc8ccccc8c7)cc6)c5c3n4-c3ccc(-c4cccc5ccccc45)cc3)cc2)cc1. The summed E-state index contributed by atoms with van der Waals surface area (Å²) >= 11 is 5.72. The fourth-order valence-corrected chi connectivity index (χ4v) is 15.8. The number of nitrogens with zero attached hydrogens (tertiary/aromatic N) is 3. The van der Waals surface area contributed by atoms with Gasteiger partial charge in [-0.2, -0.15) is 0 Å². The highest BCUT2D eigenvalue weighted by Gasteiger charge is 2.29. The average Bonchev–Trinajstić information content (AvgIpc) is 4.26. The van der Waals surface area contributed by atoms with Crippen molar-refractivity contribution in [2.24, 2.45) is 0 Å². The van der Waals surface area contributed by atoms with Crippen molar-refractivity contribution in [2.45, 2.75) is 0 Å². The lowest BCUT2D eigenvalue weighted by Gasteiger charge is -2.24. The Bertz CT molecular complexity index is 4860. The van der Waals surface area contributed by atoms with Gasteiger partial charge in [0.15, 0.2) is 0 Å². The molecule has 0 aliphatic rings. The Balaban J connectivity index is 0.927. The normalized spacial score (nSPS) is 11.8. The molecule has 376 valence electrons. The molecule has 0 N–H and O–H groups in total. The van der Waals surface area contributed by atoms with Gasteiger partial charge in [0.1, 0.15) is 5.00 Å². The Labute approximate surface area is 475 Å². The maximum absolute atomic E-state index is 2.56. The van der Waals surface area contributed by atoms with Crippen LogP contribution >= 0.6 is 34.0 Å². The van der Waals surface area contributed by atoms with E-state index in [0.717, 1.165) is 27.8 Å². The zero-order valence-corrected chi connectivity index (χ0v) is 45.7. The highest BCUT2D eigenvalue weighted by molar-refractivity contribution is 7.35. The van der Waals surface area contributed by atoms with Gasteiger partial charge in [-0.05, 0) is 138 Å². The lowest BCUT2D eigenvalue weighted by molar-refractivity contribution is 1.15. The topological polar surface area (TPSA) is 13.1 Å². The summed E-state index contributed by atoms with van der Waals surface area (Å²) in [7, 11) is 0. The fraction of sp³-hybridized carbons (Fsp3) is 0. The molecule has 0 spiro atoms. The van der Waals surface area contributed by atoms with Crippen molar-refractivity contribution in [1.82, 2.24) is 9.13 Å². The van der Waals surface area contributed by atoms with E-state index in [0.29, 0.717) is 0 Å². The predicted octanol–water partition coefficient (Wildman–Crippen LogP) is 22.2. The van der Waals surface area contributed by atoms with Gasteiger partial charge in [-0.15, -0.1) is 34.0 Å². The van der Waals surface area contributed by atoms with Gasteiger partial charge in [0.2, 0.25) is 0 Å². The molecule has 80 heavy (non-hydrogen) atoms. The standard InChI is InChI=1S/C74H47N3S3/c1-4-15-48(16-5-1)51-29-37-59(38-30-51)75(60-39-31-52(32-40-60)49-17-6-2-7-18-49)68-47-66-72(79-68)74-70(77(66)62-43-35-55(36-44-62)64-26-14-24-54-20-12-13-25-63(54)64)69-73(80-74)71-65(46-67(78-71)56-21-8-3-9-22-56)76(69)61-41-33-53(34-42-61)58-28-27-50-19-10-11-23-57(50)45-58/h1-47H. The zero-order chi connectivity index (χ0) is 52.7. The van der Waals surface area contributed by atoms with Crippen LogP contribution in [-0.4, -0.2) is 9.13 Å². The highest BCUT2D eigenvalue weighted by atomic mass is 32.1. The molecule has 5 heterocycles. The molecule has 0 atom stereocenters. The van der Waals surface area contributed by atoms with Crippen LogP contribution < -0.4 is 4.90 Å². The molecule has 0 aliphatic heterocycles. The third kappa shape index (κ3) is 7.83. The van der Waals surface area contributed by atoms with Crippen molar-refractivity contribution in [3.8, 4) is 66.3 Å². The first kappa shape index (κ1) is 46.5. The fourth-order valence-electron chi connectivity index (χ4n) is 11.9. The van der Waals surface area contributed by atoms with E-state index in [4.69, 9.17) is 0 Å². The summed E-state index contributed by atoms with van der Waals surface area (Å²) in [6.07, 6.45) is 0. The number of fused-ring (bicyclic) bond motifs is 9. The monoisotopic (exact) mass is 1070 g/mol. The van der Waals surface area contributed by atoms with Gasteiger partial charge in [-0.1, -0.05) is 218 Å². The Morgan fingerprint density at radius 3 is 1.34 bits per heavy atom. The van der Waals surface area contributed by atoms with E-state index in [1.807, 2.05) is 34.0 Å². The van der Waals surface area contributed by atoms with Gasteiger partial charge in [0.25, 0.3) is 0 Å². The predicted molar refractivity (Wildman–Crippen MR) is 346 cm³/mol. The van der Waals surface area contributed by atoms with E-state index in [9.17, 15) is 0 Å². The minimum atomic E-state index is 1.10. The first-order chi connectivity index (χ1) is 39.6. The van der Waals surface area contributed by atoms with E-state index >= 15 is 0 Å². The van der Waals surface area contributed by atoms with Gasteiger partial charge < -0.3 is 14.0 Å². The summed E-state index contributed by atoms with van der Waals surface area (Å²) in [6, 6.07) is 104.